The highest BCUT2D eigenvalue weighted by atomic mass is 16.5. The number of Topliss-reactive ketones (excluding diaryl/α,β-unsaturated/α-hetero) is 1. The van der Waals surface area contributed by atoms with Crippen molar-refractivity contribution in [2.75, 3.05) is 39.4 Å². The first-order chi connectivity index (χ1) is 18.2. The molecule has 1 amide bonds. The summed E-state index contributed by atoms with van der Waals surface area (Å²) < 4.78 is 7.20. The second kappa shape index (κ2) is 10.3. The van der Waals surface area contributed by atoms with Gasteiger partial charge in [-0.15, -0.1) is 0 Å². The van der Waals surface area contributed by atoms with E-state index in [1.807, 2.05) is 42.5 Å². The van der Waals surface area contributed by atoms with Crippen molar-refractivity contribution in [2.45, 2.75) is 45.6 Å². The SMILES string of the molecule is Cc1nc2ccccn2c1/C(O)=C1\C(=O)C(=O)N(CCCN2CCOCC2)[C@@H]1c1ccc(C(C)(C)C)cc1. The number of aliphatic hydroxyl groups excluding tert-OH is 1. The summed E-state index contributed by atoms with van der Waals surface area (Å²) in [7, 11) is 0. The van der Waals surface area contributed by atoms with E-state index in [0.29, 0.717) is 36.8 Å². The average molecular weight is 517 g/mol. The Morgan fingerprint density at radius 3 is 2.45 bits per heavy atom. The second-order valence-electron chi connectivity index (χ2n) is 11.1. The molecule has 0 saturated carbocycles. The lowest BCUT2D eigenvalue weighted by Crippen LogP contribution is -2.39. The number of amides is 1. The molecule has 2 saturated heterocycles. The Bertz CT molecular complexity index is 1380. The van der Waals surface area contributed by atoms with Gasteiger partial charge in [-0.05, 0) is 42.0 Å². The Balaban J connectivity index is 1.56. The molecule has 8 nitrogen and oxygen atoms in total. The largest absolute Gasteiger partial charge is 0.505 e. The topological polar surface area (TPSA) is 87.4 Å². The summed E-state index contributed by atoms with van der Waals surface area (Å²) in [4.78, 5) is 35.4. The van der Waals surface area contributed by atoms with E-state index in [-0.39, 0.29) is 16.7 Å². The van der Waals surface area contributed by atoms with Crippen LogP contribution in [0.2, 0.25) is 0 Å². The number of carbonyl (C=O) groups excluding carboxylic acids is 2. The van der Waals surface area contributed by atoms with Crippen molar-refractivity contribution >= 4 is 23.1 Å². The Kier molecular flexibility index (Phi) is 7.11. The molecule has 1 atom stereocenters. The van der Waals surface area contributed by atoms with Gasteiger partial charge in [-0.3, -0.25) is 18.9 Å². The molecule has 0 unspecified atom stereocenters. The quantitative estimate of drug-likeness (QED) is 0.302. The summed E-state index contributed by atoms with van der Waals surface area (Å²) in [6, 6.07) is 12.9. The van der Waals surface area contributed by atoms with Crippen LogP contribution in [0.1, 0.15) is 55.7 Å². The fourth-order valence-electron chi connectivity index (χ4n) is 5.44. The number of benzene rings is 1. The van der Waals surface area contributed by atoms with Crippen LogP contribution in [-0.2, 0) is 19.7 Å². The standard InChI is InChI=1S/C30H36N4O4/c1-20-25(33-14-6-5-8-23(33)31-20)27(35)24-26(21-9-11-22(12-10-21)30(2,3)4)34(29(37)28(24)36)15-7-13-32-16-18-38-19-17-32/h5-6,8-12,14,26,35H,7,13,15-19H2,1-4H3/b27-24+/t26-/m1/s1. The third-order valence-electron chi connectivity index (χ3n) is 7.54. The molecule has 1 N–H and O–H groups in total. The number of ether oxygens (including phenoxy) is 1. The van der Waals surface area contributed by atoms with Crippen LogP contribution in [-0.4, -0.2) is 75.4 Å². The van der Waals surface area contributed by atoms with Gasteiger partial charge in [-0.1, -0.05) is 51.1 Å². The van der Waals surface area contributed by atoms with Gasteiger partial charge in [0.25, 0.3) is 11.7 Å². The van der Waals surface area contributed by atoms with Crippen molar-refractivity contribution in [2.24, 2.45) is 0 Å². The smallest absolute Gasteiger partial charge is 0.295 e. The number of hydrogen-bond acceptors (Lipinski definition) is 6. The van der Waals surface area contributed by atoms with Gasteiger partial charge >= 0.3 is 0 Å². The van der Waals surface area contributed by atoms with Crippen molar-refractivity contribution in [3.63, 3.8) is 0 Å². The average Bonchev–Trinajstić information content (AvgIpc) is 3.37. The summed E-state index contributed by atoms with van der Waals surface area (Å²) in [5.74, 6) is -1.44. The normalized spacial score (nSPS) is 20.5. The molecule has 1 aromatic carbocycles. The summed E-state index contributed by atoms with van der Waals surface area (Å²) in [6.45, 7) is 12.6. The van der Waals surface area contributed by atoms with Gasteiger partial charge in [0.05, 0.1) is 30.5 Å². The Labute approximate surface area is 223 Å². The zero-order chi connectivity index (χ0) is 27.0. The van der Waals surface area contributed by atoms with Gasteiger partial charge in [0.15, 0.2) is 5.76 Å². The van der Waals surface area contributed by atoms with E-state index in [0.717, 1.165) is 37.2 Å². The van der Waals surface area contributed by atoms with Gasteiger partial charge in [-0.2, -0.15) is 0 Å². The van der Waals surface area contributed by atoms with Gasteiger partial charge in [0.2, 0.25) is 0 Å². The number of rotatable bonds is 6. The highest BCUT2D eigenvalue weighted by Gasteiger charge is 2.46. The van der Waals surface area contributed by atoms with Crippen LogP contribution in [0.3, 0.4) is 0 Å². The van der Waals surface area contributed by atoms with E-state index in [1.54, 1.807) is 22.4 Å². The minimum Gasteiger partial charge on any atom is -0.505 e. The van der Waals surface area contributed by atoms with E-state index < -0.39 is 17.7 Å². The van der Waals surface area contributed by atoms with Crippen LogP contribution >= 0.6 is 0 Å². The molecule has 0 aliphatic carbocycles. The fourth-order valence-corrected chi connectivity index (χ4v) is 5.44. The van der Waals surface area contributed by atoms with E-state index in [4.69, 9.17) is 4.74 Å². The first-order valence-electron chi connectivity index (χ1n) is 13.3. The van der Waals surface area contributed by atoms with E-state index >= 15 is 0 Å². The predicted octanol–water partition coefficient (Wildman–Crippen LogP) is 4.08. The molecular formula is C30H36N4O4. The number of hydrogen-bond donors (Lipinski definition) is 1. The van der Waals surface area contributed by atoms with Crippen LogP contribution in [0, 0.1) is 6.92 Å². The molecule has 38 heavy (non-hydrogen) atoms. The molecule has 0 spiro atoms. The molecule has 200 valence electrons. The third kappa shape index (κ3) is 4.86. The molecule has 3 aromatic rings. The highest BCUT2D eigenvalue weighted by Crippen LogP contribution is 2.40. The number of aryl methyl sites for hydroxylation is 1. The molecule has 2 aliphatic heterocycles. The zero-order valence-electron chi connectivity index (χ0n) is 22.6. The van der Waals surface area contributed by atoms with Crippen LogP contribution in [0.15, 0.2) is 54.2 Å². The number of fused-ring (bicyclic) bond motifs is 1. The van der Waals surface area contributed by atoms with E-state index in [1.165, 1.54) is 0 Å². The summed E-state index contributed by atoms with van der Waals surface area (Å²) >= 11 is 0. The number of aromatic nitrogens is 2. The van der Waals surface area contributed by atoms with E-state index in [9.17, 15) is 14.7 Å². The molecule has 5 rings (SSSR count). The maximum Gasteiger partial charge on any atom is 0.295 e. The number of ketones is 1. The molecule has 0 bridgehead atoms. The van der Waals surface area contributed by atoms with Crippen LogP contribution < -0.4 is 0 Å². The monoisotopic (exact) mass is 516 g/mol. The number of nitrogens with zero attached hydrogens (tertiary/aromatic N) is 4. The number of likely N-dealkylation sites (tertiary alicyclic amines) is 1. The third-order valence-corrected chi connectivity index (χ3v) is 7.54. The zero-order valence-corrected chi connectivity index (χ0v) is 22.6. The van der Waals surface area contributed by atoms with Crippen molar-refractivity contribution in [3.8, 4) is 0 Å². The lowest BCUT2D eigenvalue weighted by molar-refractivity contribution is -0.140. The molecule has 2 fully saturated rings. The lowest BCUT2D eigenvalue weighted by atomic mass is 9.85. The number of aliphatic hydroxyl groups is 1. The maximum atomic E-state index is 13.5. The van der Waals surface area contributed by atoms with E-state index in [2.05, 4.69) is 30.7 Å². The van der Waals surface area contributed by atoms with Gasteiger partial charge < -0.3 is 14.7 Å². The Morgan fingerprint density at radius 1 is 1.05 bits per heavy atom. The minimum atomic E-state index is -0.678. The van der Waals surface area contributed by atoms with Crippen LogP contribution in [0.25, 0.3) is 11.4 Å². The molecule has 8 heteroatoms. The minimum absolute atomic E-state index is 0.0356. The molecule has 2 aromatic heterocycles. The highest BCUT2D eigenvalue weighted by molar-refractivity contribution is 6.46. The number of pyridine rings is 1. The van der Waals surface area contributed by atoms with Crippen molar-refractivity contribution < 1.29 is 19.4 Å². The van der Waals surface area contributed by atoms with Gasteiger partial charge in [-0.25, -0.2) is 4.98 Å². The Morgan fingerprint density at radius 2 is 1.76 bits per heavy atom. The first-order valence-corrected chi connectivity index (χ1v) is 13.3. The molecule has 4 heterocycles. The second-order valence-corrected chi connectivity index (χ2v) is 11.1. The Hall–Kier alpha value is -3.49. The first kappa shape index (κ1) is 26.1. The van der Waals surface area contributed by atoms with Crippen molar-refractivity contribution in [1.29, 1.82) is 0 Å². The number of imidazole rings is 1. The van der Waals surface area contributed by atoms with Crippen LogP contribution in [0.5, 0.6) is 0 Å². The summed E-state index contributed by atoms with van der Waals surface area (Å²) in [6.07, 6.45) is 2.52. The maximum absolute atomic E-state index is 13.5. The molecule has 2 aliphatic rings. The summed E-state index contributed by atoms with van der Waals surface area (Å²) in [5, 5.41) is 11.6. The van der Waals surface area contributed by atoms with Gasteiger partial charge in [0, 0.05) is 32.4 Å². The van der Waals surface area contributed by atoms with Crippen LogP contribution in [0.4, 0.5) is 0 Å². The summed E-state index contributed by atoms with van der Waals surface area (Å²) in [5.41, 5.74) is 3.72. The number of carbonyl (C=O) groups is 2. The fraction of sp³-hybridized carbons (Fsp3) is 0.433. The van der Waals surface area contributed by atoms with Gasteiger partial charge in [0.1, 0.15) is 11.3 Å². The number of morpholine rings is 1. The van der Waals surface area contributed by atoms with Crippen molar-refractivity contribution in [1.82, 2.24) is 19.2 Å². The molecule has 0 radical (unpaired) electrons. The van der Waals surface area contributed by atoms with Crippen molar-refractivity contribution in [3.05, 3.63) is 76.7 Å². The lowest BCUT2D eigenvalue weighted by Gasteiger charge is -2.29. The molecular weight excluding hydrogens is 480 g/mol. The predicted molar refractivity (Wildman–Crippen MR) is 146 cm³/mol.